The fourth-order valence-electron chi connectivity index (χ4n) is 6.69. The largest absolute Gasteiger partial charge is 0.411 e. The van der Waals surface area contributed by atoms with E-state index in [1.165, 1.54) is 18.4 Å². The van der Waals surface area contributed by atoms with E-state index in [0.717, 1.165) is 43.7 Å². The van der Waals surface area contributed by atoms with Gasteiger partial charge in [-0.1, -0.05) is 42.3 Å². The van der Waals surface area contributed by atoms with Crippen molar-refractivity contribution >= 4 is 5.71 Å². The van der Waals surface area contributed by atoms with Crippen molar-refractivity contribution in [1.82, 2.24) is 0 Å². The molecule has 0 aromatic rings. The molecular formula is C21H31NO2. The summed E-state index contributed by atoms with van der Waals surface area (Å²) in [6.45, 7) is 6.83. The third-order valence-electron chi connectivity index (χ3n) is 8.15. The van der Waals surface area contributed by atoms with Gasteiger partial charge in [0.15, 0.2) is 0 Å². The van der Waals surface area contributed by atoms with Crippen LogP contribution in [0.3, 0.4) is 0 Å². The summed E-state index contributed by atoms with van der Waals surface area (Å²) in [7, 11) is 0. The van der Waals surface area contributed by atoms with Crippen LogP contribution in [0.15, 0.2) is 28.5 Å². The molecule has 2 fully saturated rings. The van der Waals surface area contributed by atoms with Gasteiger partial charge in [-0.3, -0.25) is 0 Å². The van der Waals surface area contributed by atoms with Gasteiger partial charge >= 0.3 is 0 Å². The summed E-state index contributed by atoms with van der Waals surface area (Å²) in [6.07, 6.45) is 12.4. The minimum atomic E-state index is -0.131. The maximum atomic E-state index is 10.1. The van der Waals surface area contributed by atoms with Crippen LogP contribution in [0.4, 0.5) is 0 Å². The minimum Gasteiger partial charge on any atom is -0.411 e. The van der Waals surface area contributed by atoms with Gasteiger partial charge in [-0.15, -0.1) is 0 Å². The van der Waals surface area contributed by atoms with Gasteiger partial charge in [-0.2, -0.15) is 0 Å². The smallest absolute Gasteiger partial charge is 0.0582 e. The van der Waals surface area contributed by atoms with E-state index < -0.39 is 0 Å². The number of aliphatic hydroxyl groups excluding tert-OH is 1. The van der Waals surface area contributed by atoms with Crippen LogP contribution in [0.25, 0.3) is 0 Å². The second-order valence-corrected chi connectivity index (χ2v) is 9.14. The SMILES string of the molecule is C/C(=N\O)[C@@H]1CC=C2[C@@H]3CC=C4C[C@@H](O)CC[C@]4(C)[C@H]3CC[C@@]21C. The van der Waals surface area contributed by atoms with Crippen LogP contribution < -0.4 is 0 Å². The molecule has 2 saturated carbocycles. The molecule has 0 radical (unpaired) electrons. The molecule has 132 valence electrons. The summed E-state index contributed by atoms with van der Waals surface area (Å²) in [5.41, 5.74) is 4.50. The fraction of sp³-hybridized carbons (Fsp3) is 0.762. The normalized spacial score (nSPS) is 48.1. The van der Waals surface area contributed by atoms with E-state index in [2.05, 4.69) is 31.2 Å². The van der Waals surface area contributed by atoms with Crippen molar-refractivity contribution < 1.29 is 10.3 Å². The lowest BCUT2D eigenvalue weighted by Crippen LogP contribution is -2.48. The predicted molar refractivity (Wildman–Crippen MR) is 96.1 cm³/mol. The first-order valence-electron chi connectivity index (χ1n) is 9.67. The van der Waals surface area contributed by atoms with Crippen molar-refractivity contribution in [2.24, 2.45) is 33.7 Å². The maximum absolute atomic E-state index is 10.1. The van der Waals surface area contributed by atoms with Crippen LogP contribution in [0.1, 0.15) is 65.7 Å². The number of fused-ring (bicyclic) bond motifs is 5. The molecule has 24 heavy (non-hydrogen) atoms. The number of nitrogens with zero attached hydrogens (tertiary/aromatic N) is 1. The summed E-state index contributed by atoms with van der Waals surface area (Å²) in [4.78, 5) is 0. The molecule has 4 rings (SSSR count). The molecule has 3 nitrogen and oxygen atoms in total. The molecule has 2 N–H and O–H groups in total. The monoisotopic (exact) mass is 329 g/mol. The van der Waals surface area contributed by atoms with Crippen molar-refractivity contribution in [1.29, 1.82) is 0 Å². The van der Waals surface area contributed by atoms with E-state index in [-0.39, 0.29) is 16.9 Å². The topological polar surface area (TPSA) is 52.8 Å². The quantitative estimate of drug-likeness (QED) is 0.317. The first-order valence-corrected chi connectivity index (χ1v) is 9.67. The van der Waals surface area contributed by atoms with Crippen molar-refractivity contribution in [3.8, 4) is 0 Å². The van der Waals surface area contributed by atoms with E-state index in [4.69, 9.17) is 0 Å². The minimum absolute atomic E-state index is 0.131. The Morgan fingerprint density at radius 1 is 1.12 bits per heavy atom. The highest BCUT2D eigenvalue weighted by molar-refractivity contribution is 5.86. The third-order valence-corrected chi connectivity index (χ3v) is 8.15. The van der Waals surface area contributed by atoms with Gasteiger partial charge < -0.3 is 10.3 Å². The predicted octanol–water partition coefficient (Wildman–Crippen LogP) is 4.70. The van der Waals surface area contributed by atoms with Gasteiger partial charge in [0.2, 0.25) is 0 Å². The highest BCUT2D eigenvalue weighted by atomic mass is 16.4. The van der Waals surface area contributed by atoms with Gasteiger partial charge in [0.1, 0.15) is 0 Å². The first-order chi connectivity index (χ1) is 11.4. The number of rotatable bonds is 1. The standard InChI is InChI=1S/C21H31NO2/c1-13(22-24)17-6-7-18-16-5-4-14-12-15(23)8-10-20(14,2)19(16)9-11-21(17,18)3/h4,7,15-17,19,23-24H,5-6,8-12H2,1-3H3/b22-13+/t15-,16-,17-,19-,20-,21+/m0/s1. The van der Waals surface area contributed by atoms with E-state index in [1.54, 1.807) is 5.57 Å². The fourth-order valence-corrected chi connectivity index (χ4v) is 6.69. The zero-order chi connectivity index (χ0) is 17.1. The molecule has 4 aliphatic rings. The Labute approximate surface area is 145 Å². The Balaban J connectivity index is 1.68. The number of allylic oxidation sites excluding steroid dienone is 3. The average molecular weight is 329 g/mol. The van der Waals surface area contributed by atoms with E-state index in [9.17, 15) is 10.3 Å². The summed E-state index contributed by atoms with van der Waals surface area (Å²) in [6, 6.07) is 0. The van der Waals surface area contributed by atoms with Crippen LogP contribution in [0.5, 0.6) is 0 Å². The second-order valence-electron chi connectivity index (χ2n) is 9.14. The van der Waals surface area contributed by atoms with Crippen molar-refractivity contribution in [2.45, 2.75) is 71.8 Å². The summed E-state index contributed by atoms with van der Waals surface area (Å²) in [5.74, 6) is 1.73. The number of hydrogen-bond donors (Lipinski definition) is 2. The molecule has 6 atom stereocenters. The zero-order valence-electron chi connectivity index (χ0n) is 15.3. The lowest BCUT2D eigenvalue weighted by molar-refractivity contribution is 0.0268. The van der Waals surface area contributed by atoms with Crippen LogP contribution >= 0.6 is 0 Å². The second kappa shape index (κ2) is 5.45. The van der Waals surface area contributed by atoms with Crippen LogP contribution in [-0.2, 0) is 0 Å². The van der Waals surface area contributed by atoms with Gasteiger partial charge in [0.05, 0.1) is 11.8 Å². The van der Waals surface area contributed by atoms with Crippen LogP contribution in [-0.4, -0.2) is 22.1 Å². The van der Waals surface area contributed by atoms with Crippen molar-refractivity contribution in [3.63, 3.8) is 0 Å². The van der Waals surface area contributed by atoms with Gasteiger partial charge in [-0.25, -0.2) is 0 Å². The van der Waals surface area contributed by atoms with Crippen LogP contribution in [0.2, 0.25) is 0 Å². The van der Waals surface area contributed by atoms with Gasteiger partial charge in [0, 0.05) is 5.92 Å². The first kappa shape index (κ1) is 16.4. The molecule has 4 aliphatic carbocycles. The Morgan fingerprint density at radius 2 is 1.88 bits per heavy atom. The molecule has 0 heterocycles. The number of aliphatic hydroxyl groups is 1. The number of oxime groups is 1. The van der Waals surface area contributed by atoms with Gasteiger partial charge in [-0.05, 0) is 74.5 Å². The summed E-state index contributed by atoms with van der Waals surface area (Å²) in [5, 5.41) is 22.9. The molecule has 0 unspecified atom stereocenters. The molecule has 3 heteroatoms. The van der Waals surface area contributed by atoms with E-state index in [0.29, 0.717) is 11.8 Å². The summed E-state index contributed by atoms with van der Waals surface area (Å²) >= 11 is 0. The third kappa shape index (κ3) is 2.09. The lowest BCUT2D eigenvalue weighted by Gasteiger charge is -2.56. The molecule has 0 bridgehead atoms. The lowest BCUT2D eigenvalue weighted by atomic mass is 9.48. The van der Waals surface area contributed by atoms with E-state index in [1.807, 2.05) is 6.92 Å². The molecule has 0 aromatic carbocycles. The Bertz CT molecular complexity index is 634. The van der Waals surface area contributed by atoms with Gasteiger partial charge in [0.25, 0.3) is 0 Å². The molecule has 0 aliphatic heterocycles. The van der Waals surface area contributed by atoms with Crippen molar-refractivity contribution in [2.75, 3.05) is 0 Å². The molecule has 0 amide bonds. The summed E-state index contributed by atoms with van der Waals surface area (Å²) < 4.78 is 0. The number of hydrogen-bond acceptors (Lipinski definition) is 3. The average Bonchev–Trinajstić information content (AvgIpc) is 2.92. The maximum Gasteiger partial charge on any atom is 0.0582 e. The van der Waals surface area contributed by atoms with Crippen LogP contribution in [0, 0.1) is 28.6 Å². The highest BCUT2D eigenvalue weighted by Crippen LogP contribution is 2.64. The molecular weight excluding hydrogens is 298 g/mol. The Hall–Kier alpha value is -1.09. The molecule has 0 spiro atoms. The Kier molecular flexibility index (Phi) is 3.72. The van der Waals surface area contributed by atoms with E-state index >= 15 is 0 Å². The molecule has 0 saturated heterocycles. The highest BCUT2D eigenvalue weighted by Gasteiger charge is 2.55. The Morgan fingerprint density at radius 3 is 2.62 bits per heavy atom. The zero-order valence-corrected chi connectivity index (χ0v) is 15.3. The molecule has 0 aromatic heterocycles. The van der Waals surface area contributed by atoms with Crippen molar-refractivity contribution in [3.05, 3.63) is 23.3 Å².